The summed E-state index contributed by atoms with van der Waals surface area (Å²) < 4.78 is 0. The Morgan fingerprint density at radius 2 is 1.04 bits per heavy atom. The zero-order valence-electron chi connectivity index (χ0n) is 16.3. The van der Waals surface area contributed by atoms with Crippen LogP contribution in [0.2, 0.25) is 0 Å². The molecule has 146 valence electrons. The maximum atomic E-state index is 5.70. The first-order valence-electron chi connectivity index (χ1n) is 10.4. The summed E-state index contributed by atoms with van der Waals surface area (Å²) in [5.74, 6) is 0. The molecule has 0 saturated heterocycles. The molecule has 5 nitrogen and oxygen atoms in total. The normalized spacial score (nSPS) is 12.6. The van der Waals surface area contributed by atoms with E-state index in [1.165, 1.54) is 90.3 Å². The number of unbranched alkanes of at least 4 members (excludes halogenated alkanes) is 9. The van der Waals surface area contributed by atoms with Crippen LogP contribution in [0.25, 0.3) is 0 Å². The second kappa shape index (κ2) is 20.8. The average Bonchev–Trinajstić information content (AvgIpc) is 2.60. The highest BCUT2D eigenvalue weighted by molar-refractivity contribution is 4.59. The molecular formula is C19H45N5. The van der Waals surface area contributed by atoms with Crippen molar-refractivity contribution in [1.82, 2.24) is 16.0 Å². The molecule has 0 aromatic rings. The Morgan fingerprint density at radius 1 is 0.625 bits per heavy atom. The smallest absolute Gasteiger partial charge is 0.0672 e. The van der Waals surface area contributed by atoms with Crippen molar-refractivity contribution in [3.05, 3.63) is 0 Å². The first-order valence-corrected chi connectivity index (χ1v) is 10.4. The van der Waals surface area contributed by atoms with Crippen molar-refractivity contribution < 1.29 is 0 Å². The van der Waals surface area contributed by atoms with Crippen molar-refractivity contribution in [1.29, 1.82) is 0 Å². The maximum Gasteiger partial charge on any atom is 0.0672 e. The molecule has 0 aromatic heterocycles. The summed E-state index contributed by atoms with van der Waals surface area (Å²) in [6.45, 7) is 8.35. The van der Waals surface area contributed by atoms with E-state index in [-0.39, 0.29) is 6.17 Å². The first-order chi connectivity index (χ1) is 11.8. The highest BCUT2D eigenvalue weighted by atomic mass is 15.0. The number of rotatable bonds is 20. The molecule has 0 fully saturated rings. The standard InChI is InChI=1S/C19H45N5/c1-2-22-14-10-6-3-4-7-11-15-23-16-12-8-5-9-13-17-24-19(21)18-20/h19,22-24H,2-18,20-21H2,1H3. The highest BCUT2D eigenvalue weighted by Gasteiger charge is 1.97. The van der Waals surface area contributed by atoms with Crippen molar-refractivity contribution in [3.63, 3.8) is 0 Å². The van der Waals surface area contributed by atoms with Gasteiger partial charge in [-0.2, -0.15) is 0 Å². The van der Waals surface area contributed by atoms with Gasteiger partial charge in [-0.05, 0) is 58.4 Å². The lowest BCUT2D eigenvalue weighted by Crippen LogP contribution is -2.43. The molecule has 0 aromatic carbocycles. The van der Waals surface area contributed by atoms with Crippen molar-refractivity contribution in [3.8, 4) is 0 Å². The Balaban J connectivity index is 2.98. The molecule has 0 aliphatic rings. The molecule has 24 heavy (non-hydrogen) atoms. The van der Waals surface area contributed by atoms with Gasteiger partial charge >= 0.3 is 0 Å². The summed E-state index contributed by atoms with van der Waals surface area (Å²) >= 11 is 0. The van der Waals surface area contributed by atoms with Crippen LogP contribution in [0.3, 0.4) is 0 Å². The molecule has 1 atom stereocenters. The fourth-order valence-corrected chi connectivity index (χ4v) is 2.79. The first kappa shape index (κ1) is 23.8. The zero-order chi connectivity index (χ0) is 17.7. The fraction of sp³-hybridized carbons (Fsp3) is 1.00. The fourth-order valence-electron chi connectivity index (χ4n) is 2.79. The molecule has 1 unspecified atom stereocenters. The third kappa shape index (κ3) is 19.8. The molecule has 0 rings (SSSR count). The molecule has 0 spiro atoms. The Morgan fingerprint density at radius 3 is 1.50 bits per heavy atom. The van der Waals surface area contributed by atoms with Gasteiger partial charge in [-0.3, -0.25) is 0 Å². The van der Waals surface area contributed by atoms with Gasteiger partial charge in [-0.15, -0.1) is 0 Å². The minimum Gasteiger partial charge on any atom is -0.328 e. The minimum absolute atomic E-state index is 0.0349. The van der Waals surface area contributed by atoms with E-state index in [9.17, 15) is 0 Å². The number of nitrogens with two attached hydrogens (primary N) is 2. The lowest BCUT2D eigenvalue weighted by Gasteiger charge is -2.10. The molecule has 0 amide bonds. The third-order valence-electron chi connectivity index (χ3n) is 4.40. The van der Waals surface area contributed by atoms with Crippen LogP contribution >= 0.6 is 0 Å². The molecule has 0 aliphatic heterocycles. The van der Waals surface area contributed by atoms with E-state index in [1.54, 1.807) is 0 Å². The van der Waals surface area contributed by atoms with E-state index in [2.05, 4.69) is 22.9 Å². The van der Waals surface area contributed by atoms with E-state index in [4.69, 9.17) is 11.5 Å². The lowest BCUT2D eigenvalue weighted by atomic mass is 10.1. The minimum atomic E-state index is -0.0349. The number of hydrogen-bond donors (Lipinski definition) is 5. The Kier molecular flexibility index (Phi) is 20.7. The maximum absolute atomic E-state index is 5.70. The topological polar surface area (TPSA) is 88.1 Å². The Labute approximate surface area is 151 Å². The quantitative estimate of drug-likeness (QED) is 0.173. The zero-order valence-corrected chi connectivity index (χ0v) is 16.3. The molecule has 5 heteroatoms. The van der Waals surface area contributed by atoms with Crippen molar-refractivity contribution >= 4 is 0 Å². The second-order valence-corrected chi connectivity index (χ2v) is 6.79. The van der Waals surface area contributed by atoms with Gasteiger partial charge in [0.05, 0.1) is 6.17 Å². The Bertz CT molecular complexity index is 226. The summed E-state index contributed by atoms with van der Waals surface area (Å²) in [6.07, 6.45) is 14.7. The van der Waals surface area contributed by atoms with Gasteiger partial charge < -0.3 is 27.4 Å². The van der Waals surface area contributed by atoms with Gasteiger partial charge in [0.25, 0.3) is 0 Å². The monoisotopic (exact) mass is 343 g/mol. The molecule has 0 radical (unpaired) electrons. The number of hydrogen-bond acceptors (Lipinski definition) is 5. The van der Waals surface area contributed by atoms with Crippen LogP contribution in [-0.4, -0.2) is 45.4 Å². The van der Waals surface area contributed by atoms with Gasteiger partial charge in [0.15, 0.2) is 0 Å². The predicted molar refractivity (Wildman–Crippen MR) is 107 cm³/mol. The summed E-state index contributed by atoms with van der Waals surface area (Å²) in [7, 11) is 0. The third-order valence-corrected chi connectivity index (χ3v) is 4.40. The van der Waals surface area contributed by atoms with Crippen LogP contribution in [0.5, 0.6) is 0 Å². The van der Waals surface area contributed by atoms with E-state index in [0.717, 1.165) is 13.1 Å². The van der Waals surface area contributed by atoms with Gasteiger partial charge in [-0.1, -0.05) is 51.9 Å². The van der Waals surface area contributed by atoms with E-state index in [0.29, 0.717) is 6.54 Å². The predicted octanol–water partition coefficient (Wildman–Crippen LogP) is 2.31. The van der Waals surface area contributed by atoms with Crippen LogP contribution in [0, 0.1) is 0 Å². The van der Waals surface area contributed by atoms with Gasteiger partial charge in [0, 0.05) is 6.54 Å². The van der Waals surface area contributed by atoms with E-state index < -0.39 is 0 Å². The van der Waals surface area contributed by atoms with Gasteiger partial charge in [0.2, 0.25) is 0 Å². The summed E-state index contributed by atoms with van der Waals surface area (Å²) in [5, 5.41) is 10.2. The number of nitrogens with one attached hydrogen (secondary N) is 3. The molecular weight excluding hydrogens is 298 g/mol. The molecule has 7 N–H and O–H groups in total. The van der Waals surface area contributed by atoms with E-state index >= 15 is 0 Å². The van der Waals surface area contributed by atoms with Crippen molar-refractivity contribution in [2.45, 2.75) is 83.7 Å². The van der Waals surface area contributed by atoms with Crippen LogP contribution in [0.1, 0.15) is 77.6 Å². The van der Waals surface area contributed by atoms with E-state index in [1.807, 2.05) is 0 Å². The van der Waals surface area contributed by atoms with Crippen LogP contribution in [0.15, 0.2) is 0 Å². The summed E-state index contributed by atoms with van der Waals surface area (Å²) in [4.78, 5) is 0. The molecule has 0 aliphatic carbocycles. The van der Waals surface area contributed by atoms with Crippen molar-refractivity contribution in [2.75, 3.05) is 39.3 Å². The molecule has 0 bridgehead atoms. The van der Waals surface area contributed by atoms with Crippen molar-refractivity contribution in [2.24, 2.45) is 11.5 Å². The average molecular weight is 344 g/mol. The van der Waals surface area contributed by atoms with Gasteiger partial charge in [0.1, 0.15) is 0 Å². The second-order valence-electron chi connectivity index (χ2n) is 6.79. The molecule has 0 saturated carbocycles. The highest BCUT2D eigenvalue weighted by Crippen LogP contribution is 2.05. The summed E-state index contributed by atoms with van der Waals surface area (Å²) in [5.41, 5.74) is 11.1. The summed E-state index contributed by atoms with van der Waals surface area (Å²) in [6, 6.07) is 0. The lowest BCUT2D eigenvalue weighted by molar-refractivity contribution is 0.501. The van der Waals surface area contributed by atoms with Crippen LogP contribution in [0.4, 0.5) is 0 Å². The molecule has 0 heterocycles. The van der Waals surface area contributed by atoms with Gasteiger partial charge in [-0.25, -0.2) is 0 Å². The largest absolute Gasteiger partial charge is 0.328 e. The van der Waals surface area contributed by atoms with Crippen LogP contribution in [-0.2, 0) is 0 Å². The van der Waals surface area contributed by atoms with Crippen LogP contribution < -0.4 is 27.4 Å². The Hall–Kier alpha value is -0.200. The SMILES string of the molecule is CCNCCCCCCCCNCCCCCCCNC(N)CN.